The van der Waals surface area contributed by atoms with E-state index >= 15 is 0 Å². The Morgan fingerprint density at radius 1 is 1.30 bits per heavy atom. The van der Waals surface area contributed by atoms with Crippen LogP contribution in [0.4, 0.5) is 0 Å². The summed E-state index contributed by atoms with van der Waals surface area (Å²) in [7, 11) is 0. The first-order valence-corrected chi connectivity index (χ1v) is 6.28. The summed E-state index contributed by atoms with van der Waals surface area (Å²) < 4.78 is 0. The predicted molar refractivity (Wildman–Crippen MR) is 69.6 cm³/mol. The molecule has 7 nitrogen and oxygen atoms in total. The number of carboxylic acids is 1. The molecule has 3 N–H and O–H groups in total. The van der Waals surface area contributed by atoms with Crippen molar-refractivity contribution in [2.45, 2.75) is 19.8 Å². The van der Waals surface area contributed by atoms with Gasteiger partial charge in [0.15, 0.2) is 5.88 Å². The standard InChI is InChI=1S/C13H16N2O5/c1-13(12(19)20)2-4-15(5-3-13)11(18)8-6-9(16)14-10(17)7-8/h6-7H,2-5H2,1H3,(H,19,20)(H2,14,16,17). The molecule has 0 aromatic carbocycles. The van der Waals surface area contributed by atoms with Crippen LogP contribution in [0.15, 0.2) is 16.9 Å². The number of pyridine rings is 1. The summed E-state index contributed by atoms with van der Waals surface area (Å²) >= 11 is 0. The molecule has 0 atom stereocenters. The molecular formula is C13H16N2O5. The van der Waals surface area contributed by atoms with Crippen molar-refractivity contribution in [3.8, 4) is 5.88 Å². The van der Waals surface area contributed by atoms with E-state index < -0.39 is 16.9 Å². The third-order valence-corrected chi connectivity index (χ3v) is 3.75. The molecule has 0 spiro atoms. The van der Waals surface area contributed by atoms with Gasteiger partial charge in [-0.2, -0.15) is 0 Å². The normalized spacial score (nSPS) is 17.8. The fraction of sp³-hybridized carbons (Fsp3) is 0.462. The Labute approximate surface area is 114 Å². The van der Waals surface area contributed by atoms with Gasteiger partial charge in [0.1, 0.15) is 0 Å². The van der Waals surface area contributed by atoms with Gasteiger partial charge in [0.05, 0.1) is 11.0 Å². The summed E-state index contributed by atoms with van der Waals surface area (Å²) in [6, 6.07) is 2.31. The molecule has 1 aromatic rings. The van der Waals surface area contributed by atoms with E-state index in [0.29, 0.717) is 25.9 Å². The van der Waals surface area contributed by atoms with Gasteiger partial charge in [-0.05, 0) is 19.8 Å². The molecule has 1 aliphatic heterocycles. The van der Waals surface area contributed by atoms with Crippen molar-refractivity contribution in [2.24, 2.45) is 5.41 Å². The van der Waals surface area contributed by atoms with Crippen molar-refractivity contribution in [3.05, 3.63) is 28.0 Å². The number of aliphatic carboxylic acids is 1. The van der Waals surface area contributed by atoms with Crippen LogP contribution in [-0.4, -0.2) is 45.1 Å². The molecule has 7 heteroatoms. The Morgan fingerprint density at radius 2 is 1.90 bits per heavy atom. The lowest BCUT2D eigenvalue weighted by Gasteiger charge is -2.36. The Kier molecular flexibility index (Phi) is 3.52. The number of carboxylic acid groups (broad SMARTS) is 1. The van der Waals surface area contributed by atoms with Crippen molar-refractivity contribution in [1.82, 2.24) is 9.88 Å². The average Bonchev–Trinajstić information content (AvgIpc) is 2.37. The molecule has 1 amide bonds. The quantitative estimate of drug-likeness (QED) is 0.726. The minimum atomic E-state index is -0.863. The second-order valence-electron chi connectivity index (χ2n) is 5.28. The predicted octanol–water partition coefficient (Wildman–Crippen LogP) is 0.407. The zero-order valence-electron chi connectivity index (χ0n) is 11.0. The van der Waals surface area contributed by atoms with E-state index in [9.17, 15) is 19.5 Å². The summed E-state index contributed by atoms with van der Waals surface area (Å²) in [5.41, 5.74) is -1.27. The summed E-state index contributed by atoms with van der Waals surface area (Å²) in [5, 5.41) is 18.4. The van der Waals surface area contributed by atoms with Gasteiger partial charge in [0.2, 0.25) is 0 Å². The van der Waals surface area contributed by atoms with E-state index in [2.05, 4.69) is 4.98 Å². The first-order valence-electron chi connectivity index (χ1n) is 6.28. The maximum Gasteiger partial charge on any atom is 0.309 e. The number of rotatable bonds is 2. The number of nitrogens with zero attached hydrogens (tertiary/aromatic N) is 1. The molecule has 0 aliphatic carbocycles. The van der Waals surface area contributed by atoms with Crippen LogP contribution in [0.1, 0.15) is 30.1 Å². The van der Waals surface area contributed by atoms with E-state index in [1.807, 2.05) is 0 Å². The minimum Gasteiger partial charge on any atom is -0.494 e. The molecule has 0 unspecified atom stereocenters. The number of H-pyrrole nitrogens is 1. The third-order valence-electron chi connectivity index (χ3n) is 3.75. The number of carbonyl (C=O) groups excluding carboxylic acids is 1. The van der Waals surface area contributed by atoms with Crippen molar-refractivity contribution >= 4 is 11.9 Å². The number of hydrogen-bond acceptors (Lipinski definition) is 4. The van der Waals surface area contributed by atoms with Crippen LogP contribution in [0.3, 0.4) is 0 Å². The maximum absolute atomic E-state index is 12.2. The number of aromatic amines is 1. The molecule has 20 heavy (non-hydrogen) atoms. The van der Waals surface area contributed by atoms with E-state index in [4.69, 9.17) is 5.11 Å². The Hall–Kier alpha value is -2.31. The highest BCUT2D eigenvalue weighted by atomic mass is 16.4. The lowest BCUT2D eigenvalue weighted by molar-refractivity contribution is -0.150. The fourth-order valence-electron chi connectivity index (χ4n) is 2.25. The monoisotopic (exact) mass is 280 g/mol. The van der Waals surface area contributed by atoms with Crippen LogP contribution in [-0.2, 0) is 4.79 Å². The highest BCUT2D eigenvalue weighted by Crippen LogP contribution is 2.31. The maximum atomic E-state index is 12.2. The second kappa shape index (κ2) is 4.99. The number of aromatic hydroxyl groups is 1. The van der Waals surface area contributed by atoms with E-state index in [1.54, 1.807) is 6.92 Å². The molecule has 2 rings (SSSR count). The van der Waals surface area contributed by atoms with E-state index in [0.717, 1.165) is 6.07 Å². The van der Waals surface area contributed by atoms with Gasteiger partial charge in [-0.1, -0.05) is 0 Å². The summed E-state index contributed by atoms with van der Waals surface area (Å²) in [4.78, 5) is 38.2. The van der Waals surface area contributed by atoms with Crippen molar-refractivity contribution < 1.29 is 19.8 Å². The van der Waals surface area contributed by atoms with Gasteiger partial charge >= 0.3 is 5.97 Å². The smallest absolute Gasteiger partial charge is 0.309 e. The van der Waals surface area contributed by atoms with E-state index in [-0.39, 0.29) is 17.4 Å². The number of nitrogens with one attached hydrogen (secondary N) is 1. The number of aromatic nitrogens is 1. The number of carbonyl (C=O) groups is 2. The third kappa shape index (κ3) is 2.66. The lowest BCUT2D eigenvalue weighted by Crippen LogP contribution is -2.45. The molecule has 0 radical (unpaired) electrons. The van der Waals surface area contributed by atoms with Crippen molar-refractivity contribution in [2.75, 3.05) is 13.1 Å². The highest BCUT2D eigenvalue weighted by molar-refractivity contribution is 5.94. The number of amides is 1. The van der Waals surface area contributed by atoms with Crippen molar-refractivity contribution in [1.29, 1.82) is 0 Å². The van der Waals surface area contributed by atoms with Crippen LogP contribution in [0, 0.1) is 5.41 Å². The Balaban J connectivity index is 2.12. The zero-order chi connectivity index (χ0) is 14.9. The van der Waals surface area contributed by atoms with Crippen molar-refractivity contribution in [3.63, 3.8) is 0 Å². The summed E-state index contributed by atoms with van der Waals surface area (Å²) in [6.45, 7) is 2.29. The summed E-state index contributed by atoms with van der Waals surface area (Å²) in [6.07, 6.45) is 0.729. The molecule has 0 bridgehead atoms. The number of piperidine rings is 1. The second-order valence-corrected chi connectivity index (χ2v) is 5.28. The largest absolute Gasteiger partial charge is 0.494 e. The SMILES string of the molecule is CC1(C(=O)O)CCN(C(=O)c2cc(O)[nH]c(=O)c2)CC1. The summed E-state index contributed by atoms with van der Waals surface area (Å²) in [5.74, 6) is -1.61. The zero-order valence-corrected chi connectivity index (χ0v) is 11.0. The first kappa shape index (κ1) is 14.1. The lowest BCUT2D eigenvalue weighted by atomic mass is 9.80. The molecular weight excluding hydrogens is 264 g/mol. The highest BCUT2D eigenvalue weighted by Gasteiger charge is 2.38. The topological polar surface area (TPSA) is 111 Å². The Morgan fingerprint density at radius 3 is 2.40 bits per heavy atom. The van der Waals surface area contributed by atoms with Crippen LogP contribution >= 0.6 is 0 Å². The molecule has 2 heterocycles. The van der Waals surface area contributed by atoms with Gasteiger partial charge in [-0.25, -0.2) is 0 Å². The molecule has 1 aliphatic rings. The van der Waals surface area contributed by atoms with Gasteiger partial charge in [-0.3, -0.25) is 19.4 Å². The number of hydrogen-bond donors (Lipinski definition) is 3. The van der Waals surface area contributed by atoms with Crippen LogP contribution in [0.5, 0.6) is 5.88 Å². The molecule has 1 fully saturated rings. The van der Waals surface area contributed by atoms with Gasteiger partial charge in [0.25, 0.3) is 11.5 Å². The fourth-order valence-corrected chi connectivity index (χ4v) is 2.25. The molecule has 108 valence electrons. The van der Waals surface area contributed by atoms with Crippen LogP contribution in [0.2, 0.25) is 0 Å². The van der Waals surface area contributed by atoms with Crippen LogP contribution < -0.4 is 5.56 Å². The average molecular weight is 280 g/mol. The van der Waals surface area contributed by atoms with Crippen LogP contribution in [0.25, 0.3) is 0 Å². The van der Waals surface area contributed by atoms with Gasteiger partial charge in [0, 0.05) is 25.2 Å². The molecule has 1 aromatic heterocycles. The molecule has 0 saturated carbocycles. The van der Waals surface area contributed by atoms with Gasteiger partial charge < -0.3 is 15.1 Å². The molecule has 1 saturated heterocycles. The van der Waals surface area contributed by atoms with E-state index in [1.165, 1.54) is 11.0 Å². The van der Waals surface area contributed by atoms with Gasteiger partial charge in [-0.15, -0.1) is 0 Å². The minimum absolute atomic E-state index is 0.102. The number of likely N-dealkylation sites (tertiary alicyclic amines) is 1. The Bertz CT molecular complexity index is 599. The first-order chi connectivity index (χ1) is 9.32.